The zero-order chi connectivity index (χ0) is 29.5. The smallest absolute Gasteiger partial charge is 0.319 e. The summed E-state index contributed by atoms with van der Waals surface area (Å²) in [6.07, 6.45) is 3.61. The number of phenols is 1. The maximum Gasteiger partial charge on any atom is 0.319 e. The Morgan fingerprint density at radius 2 is 1.88 bits per heavy atom. The molecule has 2 unspecified atom stereocenters. The van der Waals surface area contributed by atoms with Crippen molar-refractivity contribution in [3.8, 4) is 23.0 Å². The van der Waals surface area contributed by atoms with Gasteiger partial charge in [-0.05, 0) is 74.5 Å². The molecule has 6 heterocycles. The minimum Gasteiger partial charge on any atom is -0.508 e. The van der Waals surface area contributed by atoms with Gasteiger partial charge in [-0.3, -0.25) is 4.90 Å². The van der Waals surface area contributed by atoms with Crippen LogP contribution < -0.4 is 15.0 Å². The highest BCUT2D eigenvalue weighted by Crippen LogP contribution is 2.42. The van der Waals surface area contributed by atoms with E-state index >= 15 is 4.39 Å². The van der Waals surface area contributed by atoms with E-state index < -0.39 is 12.0 Å². The summed E-state index contributed by atoms with van der Waals surface area (Å²) in [7, 11) is 0. The van der Waals surface area contributed by atoms with Crippen LogP contribution in [0.1, 0.15) is 43.4 Å². The van der Waals surface area contributed by atoms with E-state index in [2.05, 4.69) is 20.1 Å². The first-order valence-corrected chi connectivity index (χ1v) is 15.4. The molecule has 2 aromatic heterocycles. The van der Waals surface area contributed by atoms with E-state index in [0.717, 1.165) is 61.7 Å². The molecule has 4 atom stereocenters. The Hall–Kier alpha value is -3.63. The minimum absolute atomic E-state index is 0.0406. The second-order valence-corrected chi connectivity index (χ2v) is 13.0. The summed E-state index contributed by atoms with van der Waals surface area (Å²) in [5.74, 6) is 0.0907. The molecule has 4 saturated heterocycles. The molecule has 2 N–H and O–H groups in total. The Bertz CT molecular complexity index is 1760. The molecule has 10 heteroatoms. The van der Waals surface area contributed by atoms with Crippen molar-refractivity contribution in [2.45, 2.75) is 69.7 Å². The maximum absolute atomic E-state index is 16.8. The van der Waals surface area contributed by atoms with Gasteiger partial charge >= 0.3 is 6.01 Å². The number of nitrogens with zero attached hydrogens (tertiary/aromatic N) is 5. The molecular weight excluding hydrogens is 550 g/mol. The molecular formula is C33H36F2N6O2. The molecule has 43 heavy (non-hydrogen) atoms. The van der Waals surface area contributed by atoms with Crippen LogP contribution in [0.4, 0.5) is 14.6 Å². The van der Waals surface area contributed by atoms with Crippen molar-refractivity contribution >= 4 is 27.5 Å². The molecule has 0 saturated carbocycles. The number of pyridine rings is 1. The quantitative estimate of drug-likeness (QED) is 0.330. The van der Waals surface area contributed by atoms with Gasteiger partial charge in [0.05, 0.1) is 16.6 Å². The standard InChI is InChI=1S/C33H36F2N6O2/c1-18-5-3-6-20-11-24(42)12-25(26(18)20)29-28(35)30-27(19(2)36-29)31(40-15-22-7-8-23(16-40)37-22)39-32(38-30)43-17-33-9-4-10-41(33)14-21(34)13-33/h3,5-6,11-12,21-23,37,42H,4,7-10,13-17H2,1-2H3/t21-,22?,23?,33+/m1/s1. The summed E-state index contributed by atoms with van der Waals surface area (Å²) in [5, 5.41) is 16.4. The molecule has 0 amide bonds. The number of phenolic OH excluding ortho intramolecular Hbond substituents is 1. The second kappa shape index (κ2) is 9.95. The lowest BCUT2D eigenvalue weighted by Crippen LogP contribution is -2.51. The molecule has 4 aromatic rings. The molecule has 8 rings (SSSR count). The van der Waals surface area contributed by atoms with Gasteiger partial charge in [-0.2, -0.15) is 9.97 Å². The number of hydrogen-bond acceptors (Lipinski definition) is 8. The van der Waals surface area contributed by atoms with Gasteiger partial charge in [-0.15, -0.1) is 0 Å². The molecule has 2 aromatic carbocycles. The molecule has 0 radical (unpaired) electrons. The fourth-order valence-corrected chi connectivity index (χ4v) is 8.18. The van der Waals surface area contributed by atoms with E-state index in [-0.39, 0.29) is 35.1 Å². The molecule has 224 valence electrons. The van der Waals surface area contributed by atoms with Crippen molar-refractivity contribution in [1.82, 2.24) is 25.2 Å². The summed E-state index contributed by atoms with van der Waals surface area (Å²) in [5.41, 5.74) is 1.99. The average Bonchev–Trinajstić information content (AvgIpc) is 3.63. The van der Waals surface area contributed by atoms with Crippen LogP contribution in [-0.4, -0.2) is 81.5 Å². The lowest BCUT2D eigenvalue weighted by Gasteiger charge is -2.35. The van der Waals surface area contributed by atoms with E-state index in [1.54, 1.807) is 12.1 Å². The number of hydrogen-bond donors (Lipinski definition) is 2. The lowest BCUT2D eigenvalue weighted by molar-refractivity contribution is 0.107. The number of aromatic nitrogens is 3. The van der Waals surface area contributed by atoms with Crippen LogP contribution in [0.3, 0.4) is 0 Å². The zero-order valence-electron chi connectivity index (χ0n) is 24.5. The summed E-state index contributed by atoms with van der Waals surface area (Å²) in [6.45, 7) is 6.89. The van der Waals surface area contributed by atoms with Gasteiger partial charge < -0.3 is 20.1 Å². The van der Waals surface area contributed by atoms with Gasteiger partial charge in [0.1, 0.15) is 35.6 Å². The highest BCUT2D eigenvalue weighted by Gasteiger charge is 2.49. The zero-order valence-corrected chi connectivity index (χ0v) is 24.5. The third kappa shape index (κ3) is 4.40. The van der Waals surface area contributed by atoms with Crippen LogP contribution in [0.2, 0.25) is 0 Å². The summed E-state index contributed by atoms with van der Waals surface area (Å²) in [4.78, 5) is 18.8. The van der Waals surface area contributed by atoms with Crippen LogP contribution in [0.5, 0.6) is 11.8 Å². The number of ether oxygens (including phenoxy) is 1. The van der Waals surface area contributed by atoms with Gasteiger partial charge in [0.15, 0.2) is 5.82 Å². The molecule has 4 fully saturated rings. The number of aryl methyl sites for hydroxylation is 2. The predicted molar refractivity (Wildman–Crippen MR) is 162 cm³/mol. The van der Waals surface area contributed by atoms with Crippen molar-refractivity contribution < 1.29 is 18.6 Å². The van der Waals surface area contributed by atoms with E-state index in [0.29, 0.717) is 47.5 Å². The largest absolute Gasteiger partial charge is 0.508 e. The van der Waals surface area contributed by atoms with E-state index in [9.17, 15) is 9.50 Å². The van der Waals surface area contributed by atoms with Crippen molar-refractivity contribution in [3.63, 3.8) is 0 Å². The van der Waals surface area contributed by atoms with Crippen LogP contribution >= 0.6 is 0 Å². The number of aromatic hydroxyl groups is 1. The van der Waals surface area contributed by atoms with Gasteiger partial charge in [0.2, 0.25) is 0 Å². The number of halogens is 2. The number of rotatable bonds is 5. The fraction of sp³-hybridized carbons (Fsp3) is 0.485. The lowest BCUT2D eigenvalue weighted by atomic mass is 9.95. The Labute approximate surface area is 249 Å². The molecule has 8 nitrogen and oxygen atoms in total. The van der Waals surface area contributed by atoms with E-state index in [1.807, 2.05) is 32.0 Å². The summed E-state index contributed by atoms with van der Waals surface area (Å²) >= 11 is 0. The number of benzene rings is 2. The van der Waals surface area contributed by atoms with Crippen molar-refractivity contribution in [3.05, 3.63) is 47.4 Å². The predicted octanol–water partition coefficient (Wildman–Crippen LogP) is 5.20. The van der Waals surface area contributed by atoms with E-state index in [1.165, 1.54) is 0 Å². The first-order valence-electron chi connectivity index (χ1n) is 15.4. The number of nitrogens with one attached hydrogen (secondary N) is 1. The van der Waals surface area contributed by atoms with Crippen LogP contribution in [0.25, 0.3) is 32.9 Å². The Balaban J connectivity index is 1.29. The molecule has 4 aliphatic heterocycles. The molecule has 0 spiro atoms. The first-order chi connectivity index (χ1) is 20.8. The highest BCUT2D eigenvalue weighted by molar-refractivity contribution is 6.02. The number of alkyl halides is 1. The Morgan fingerprint density at radius 1 is 1.07 bits per heavy atom. The molecule has 0 aliphatic carbocycles. The average molecular weight is 587 g/mol. The second-order valence-electron chi connectivity index (χ2n) is 13.0. The highest BCUT2D eigenvalue weighted by atomic mass is 19.1. The number of fused-ring (bicyclic) bond motifs is 5. The third-order valence-electron chi connectivity index (χ3n) is 10.1. The van der Waals surface area contributed by atoms with Gasteiger partial charge in [0.25, 0.3) is 0 Å². The number of piperazine rings is 1. The van der Waals surface area contributed by atoms with Gasteiger partial charge in [0, 0.05) is 43.7 Å². The first kappa shape index (κ1) is 27.0. The summed E-state index contributed by atoms with van der Waals surface area (Å²) < 4.78 is 37.6. The summed E-state index contributed by atoms with van der Waals surface area (Å²) in [6, 6.07) is 9.83. The van der Waals surface area contributed by atoms with Gasteiger partial charge in [-0.25, -0.2) is 13.8 Å². The maximum atomic E-state index is 16.8. The van der Waals surface area contributed by atoms with Crippen LogP contribution in [0.15, 0.2) is 30.3 Å². The van der Waals surface area contributed by atoms with Gasteiger partial charge in [-0.1, -0.05) is 18.2 Å². The molecule has 2 bridgehead atoms. The normalized spacial score (nSPS) is 27.0. The topological polar surface area (TPSA) is 86.6 Å². The van der Waals surface area contributed by atoms with Crippen LogP contribution in [-0.2, 0) is 0 Å². The Morgan fingerprint density at radius 3 is 2.70 bits per heavy atom. The minimum atomic E-state index is -0.873. The van der Waals surface area contributed by atoms with E-state index in [4.69, 9.17) is 14.7 Å². The van der Waals surface area contributed by atoms with Crippen molar-refractivity contribution in [2.75, 3.05) is 37.7 Å². The number of anilines is 1. The third-order valence-corrected chi connectivity index (χ3v) is 10.1. The fourth-order valence-electron chi connectivity index (χ4n) is 8.18. The van der Waals surface area contributed by atoms with Crippen molar-refractivity contribution in [1.29, 1.82) is 0 Å². The van der Waals surface area contributed by atoms with Crippen LogP contribution in [0, 0.1) is 19.7 Å². The Kier molecular flexibility index (Phi) is 6.24. The molecule has 4 aliphatic rings. The SMILES string of the molecule is Cc1cccc2cc(O)cc(-c3nc(C)c4c(N5CC6CCC(C5)N6)nc(OC[C@@]56CCCN5C[C@H](F)C6)nc4c3F)c12. The monoisotopic (exact) mass is 586 g/mol. The van der Waals surface area contributed by atoms with Crippen molar-refractivity contribution in [2.24, 2.45) is 0 Å².